The molecule has 170 valence electrons. The number of nitro benzene ring substituents is 1. The maximum Gasteiger partial charge on any atom is 0.339 e. The van der Waals surface area contributed by atoms with E-state index in [0.717, 1.165) is 17.8 Å². The monoisotopic (exact) mass is 450 g/mol. The van der Waals surface area contributed by atoms with E-state index in [1.165, 1.54) is 25.3 Å². The van der Waals surface area contributed by atoms with Crippen molar-refractivity contribution in [3.05, 3.63) is 69.4 Å². The summed E-state index contributed by atoms with van der Waals surface area (Å²) in [5.74, 6) is -1.02. The fourth-order valence-electron chi connectivity index (χ4n) is 3.86. The summed E-state index contributed by atoms with van der Waals surface area (Å²) < 4.78 is 10.5. The molecule has 0 bridgehead atoms. The molecule has 33 heavy (non-hydrogen) atoms. The molecule has 1 aromatic heterocycles. The second kappa shape index (κ2) is 9.21. The van der Waals surface area contributed by atoms with Crippen molar-refractivity contribution in [2.75, 3.05) is 32.6 Å². The van der Waals surface area contributed by atoms with E-state index in [2.05, 4.69) is 10.2 Å². The minimum absolute atomic E-state index is 0.112. The van der Waals surface area contributed by atoms with Gasteiger partial charge in [-0.05, 0) is 19.2 Å². The third kappa shape index (κ3) is 4.60. The average molecular weight is 450 g/mol. The lowest BCUT2D eigenvalue weighted by molar-refractivity contribution is -0.384. The molecule has 0 saturated heterocycles. The van der Waals surface area contributed by atoms with Crippen LogP contribution in [0.3, 0.4) is 0 Å². The largest absolute Gasteiger partial charge is 0.495 e. The summed E-state index contributed by atoms with van der Waals surface area (Å²) in [7, 11) is 3.35. The molecule has 1 aliphatic rings. The van der Waals surface area contributed by atoms with Crippen LogP contribution in [0.2, 0.25) is 0 Å². The standard InChI is InChI=1S/C23H22N4O6/c1-26-10-9-18-16(12-26)22(15-5-3-4-6-17(15)24-18)23(29)33-13-21(28)25-19-11-14(27(30)31)7-8-20(19)32-2/h3-8,11H,9-10,12-13H2,1-2H3,(H,25,28). The number of likely N-dealkylation sites (N-methyl/N-ethyl adjacent to an activating group) is 1. The summed E-state index contributed by atoms with van der Waals surface area (Å²) >= 11 is 0. The number of ether oxygens (including phenoxy) is 2. The van der Waals surface area contributed by atoms with Gasteiger partial charge in [-0.2, -0.15) is 0 Å². The molecular weight excluding hydrogens is 428 g/mol. The van der Waals surface area contributed by atoms with Crippen LogP contribution >= 0.6 is 0 Å². The zero-order valence-electron chi connectivity index (χ0n) is 18.2. The predicted molar refractivity (Wildman–Crippen MR) is 120 cm³/mol. The van der Waals surface area contributed by atoms with Gasteiger partial charge in [-0.3, -0.25) is 19.9 Å². The molecule has 2 aromatic carbocycles. The van der Waals surface area contributed by atoms with Crippen LogP contribution in [-0.4, -0.2) is 54.0 Å². The highest BCUT2D eigenvalue weighted by atomic mass is 16.6. The number of pyridine rings is 1. The zero-order valence-corrected chi connectivity index (χ0v) is 18.2. The summed E-state index contributed by atoms with van der Waals surface area (Å²) in [6.07, 6.45) is 0.712. The van der Waals surface area contributed by atoms with Gasteiger partial charge in [-0.15, -0.1) is 0 Å². The second-order valence-electron chi connectivity index (χ2n) is 7.68. The highest BCUT2D eigenvalue weighted by Gasteiger charge is 2.26. The van der Waals surface area contributed by atoms with Gasteiger partial charge in [0.2, 0.25) is 0 Å². The molecule has 0 atom stereocenters. The number of nitro groups is 1. The maximum atomic E-state index is 13.1. The first-order chi connectivity index (χ1) is 15.9. The van der Waals surface area contributed by atoms with Crippen molar-refractivity contribution < 1.29 is 24.0 Å². The highest BCUT2D eigenvalue weighted by molar-refractivity contribution is 6.06. The summed E-state index contributed by atoms with van der Waals surface area (Å²) in [6, 6.07) is 11.1. The number of fused-ring (bicyclic) bond motifs is 2. The lowest BCUT2D eigenvalue weighted by Crippen LogP contribution is -2.30. The van der Waals surface area contributed by atoms with E-state index in [-0.39, 0.29) is 17.1 Å². The van der Waals surface area contributed by atoms with Crippen molar-refractivity contribution in [2.45, 2.75) is 13.0 Å². The molecule has 0 radical (unpaired) electrons. The summed E-state index contributed by atoms with van der Waals surface area (Å²) in [5.41, 5.74) is 2.65. The quantitative estimate of drug-likeness (QED) is 0.345. The third-order valence-corrected chi connectivity index (χ3v) is 5.44. The minimum atomic E-state index is -0.647. The minimum Gasteiger partial charge on any atom is -0.495 e. The number of rotatable bonds is 6. The number of nitrogens with one attached hydrogen (secondary N) is 1. The van der Waals surface area contributed by atoms with Crippen molar-refractivity contribution in [1.82, 2.24) is 9.88 Å². The Hall–Kier alpha value is -4.05. The number of nitrogens with zero attached hydrogens (tertiary/aromatic N) is 3. The van der Waals surface area contributed by atoms with E-state index < -0.39 is 23.4 Å². The molecule has 10 nitrogen and oxygen atoms in total. The zero-order chi connectivity index (χ0) is 23.5. The lowest BCUT2D eigenvalue weighted by atomic mass is 9.96. The van der Waals surface area contributed by atoms with Crippen LogP contribution < -0.4 is 10.1 Å². The van der Waals surface area contributed by atoms with Crippen molar-refractivity contribution in [3.63, 3.8) is 0 Å². The average Bonchev–Trinajstić information content (AvgIpc) is 2.81. The number of benzene rings is 2. The number of aromatic nitrogens is 1. The number of esters is 1. The molecule has 0 aliphatic carbocycles. The smallest absolute Gasteiger partial charge is 0.339 e. The Morgan fingerprint density at radius 1 is 1.24 bits per heavy atom. The second-order valence-corrected chi connectivity index (χ2v) is 7.68. The maximum absolute atomic E-state index is 13.1. The molecule has 0 unspecified atom stereocenters. The molecule has 10 heteroatoms. The van der Waals surface area contributed by atoms with Gasteiger partial charge in [0.1, 0.15) is 5.75 Å². The molecule has 1 N–H and O–H groups in total. The van der Waals surface area contributed by atoms with Crippen LogP contribution in [0.4, 0.5) is 11.4 Å². The van der Waals surface area contributed by atoms with Gasteiger partial charge in [0, 0.05) is 48.3 Å². The van der Waals surface area contributed by atoms with E-state index in [1.807, 2.05) is 31.3 Å². The van der Waals surface area contributed by atoms with Crippen molar-refractivity contribution in [3.8, 4) is 5.75 Å². The molecule has 0 fully saturated rings. The third-order valence-electron chi connectivity index (χ3n) is 5.44. The van der Waals surface area contributed by atoms with E-state index in [0.29, 0.717) is 29.4 Å². The fourth-order valence-corrected chi connectivity index (χ4v) is 3.86. The Balaban J connectivity index is 1.55. The molecule has 1 aliphatic heterocycles. The van der Waals surface area contributed by atoms with Crippen molar-refractivity contribution >= 4 is 34.2 Å². The lowest BCUT2D eigenvalue weighted by Gasteiger charge is -2.26. The van der Waals surface area contributed by atoms with E-state index in [1.54, 1.807) is 0 Å². The number of carbonyl (C=O) groups excluding carboxylic acids is 2. The molecular formula is C23H22N4O6. The van der Waals surface area contributed by atoms with Gasteiger partial charge in [0.15, 0.2) is 6.61 Å². The van der Waals surface area contributed by atoms with Crippen LogP contribution in [0.25, 0.3) is 10.9 Å². The number of carbonyl (C=O) groups is 2. The van der Waals surface area contributed by atoms with Crippen LogP contribution in [-0.2, 0) is 22.5 Å². The Morgan fingerprint density at radius 3 is 2.79 bits per heavy atom. The fraction of sp³-hybridized carbons (Fsp3) is 0.261. The van der Waals surface area contributed by atoms with E-state index >= 15 is 0 Å². The summed E-state index contributed by atoms with van der Waals surface area (Å²) in [4.78, 5) is 42.8. The van der Waals surface area contributed by atoms with E-state index in [9.17, 15) is 19.7 Å². The topological polar surface area (TPSA) is 124 Å². The SMILES string of the molecule is COc1ccc([N+](=O)[O-])cc1NC(=O)COC(=O)c1c2c(nc3ccccc13)CCN(C)C2. The first-order valence-electron chi connectivity index (χ1n) is 10.3. The Kier molecular flexibility index (Phi) is 6.18. The first kappa shape index (κ1) is 22.2. The number of anilines is 1. The van der Waals surface area contributed by atoms with E-state index in [4.69, 9.17) is 14.5 Å². The van der Waals surface area contributed by atoms with Crippen LogP contribution in [0.5, 0.6) is 5.75 Å². The van der Waals surface area contributed by atoms with Gasteiger partial charge >= 0.3 is 5.97 Å². The number of hydrogen-bond acceptors (Lipinski definition) is 8. The molecule has 0 spiro atoms. The number of hydrogen-bond donors (Lipinski definition) is 1. The first-order valence-corrected chi connectivity index (χ1v) is 10.3. The van der Waals surface area contributed by atoms with Gasteiger partial charge in [0.05, 0.1) is 28.8 Å². The van der Waals surface area contributed by atoms with Crippen LogP contribution in [0, 0.1) is 10.1 Å². The van der Waals surface area contributed by atoms with Crippen LogP contribution in [0.15, 0.2) is 42.5 Å². The normalized spacial score (nSPS) is 13.3. The number of methoxy groups -OCH3 is 1. The van der Waals surface area contributed by atoms with Crippen LogP contribution in [0.1, 0.15) is 21.6 Å². The molecule has 4 rings (SSSR count). The molecule has 3 aromatic rings. The molecule has 1 amide bonds. The van der Waals surface area contributed by atoms with Crippen molar-refractivity contribution in [2.24, 2.45) is 0 Å². The van der Waals surface area contributed by atoms with Gasteiger partial charge in [-0.1, -0.05) is 18.2 Å². The summed E-state index contributed by atoms with van der Waals surface area (Å²) in [5, 5.41) is 14.2. The van der Waals surface area contributed by atoms with Gasteiger partial charge < -0.3 is 19.7 Å². The number of non-ortho nitro benzene ring substituents is 1. The highest BCUT2D eigenvalue weighted by Crippen LogP contribution is 2.30. The Bertz CT molecular complexity index is 1260. The number of amides is 1. The van der Waals surface area contributed by atoms with Gasteiger partial charge in [0.25, 0.3) is 11.6 Å². The predicted octanol–water partition coefficient (Wildman–Crippen LogP) is 2.94. The Labute approximate surface area is 189 Å². The molecule has 0 saturated carbocycles. The number of para-hydroxylation sites is 1. The Morgan fingerprint density at radius 2 is 2.03 bits per heavy atom. The van der Waals surface area contributed by atoms with Crippen molar-refractivity contribution in [1.29, 1.82) is 0 Å². The van der Waals surface area contributed by atoms with Gasteiger partial charge in [-0.25, -0.2) is 4.79 Å². The summed E-state index contributed by atoms with van der Waals surface area (Å²) in [6.45, 7) is 0.820. The molecule has 2 heterocycles.